The lowest BCUT2D eigenvalue weighted by Gasteiger charge is -2.30. The van der Waals surface area contributed by atoms with Crippen LogP contribution in [-0.4, -0.2) is 33.9 Å². The molecule has 2 fully saturated rings. The average molecular weight is 349 g/mol. The van der Waals surface area contributed by atoms with Gasteiger partial charge in [-0.2, -0.15) is 0 Å². The monoisotopic (exact) mass is 349 g/mol. The van der Waals surface area contributed by atoms with E-state index in [4.69, 9.17) is 4.42 Å². The third-order valence-electron chi connectivity index (χ3n) is 5.76. The van der Waals surface area contributed by atoms with Gasteiger partial charge in [-0.1, -0.05) is 32.1 Å². The minimum Gasteiger partial charge on any atom is -0.425 e. The Balaban J connectivity index is 1.46. The van der Waals surface area contributed by atoms with E-state index in [1.54, 1.807) is 0 Å². The molecule has 140 valence electrons. The zero-order chi connectivity index (χ0) is 17.5. The second-order valence-electron chi connectivity index (χ2n) is 7.60. The fourth-order valence-electron chi connectivity index (χ4n) is 4.31. The van der Waals surface area contributed by atoms with Crippen LogP contribution in [0.4, 0.5) is 0 Å². The number of carbonyl (C=O) groups excluding carboxylic acids is 1. The lowest BCUT2D eigenvalue weighted by Crippen LogP contribution is -2.41. The van der Waals surface area contributed by atoms with Crippen molar-refractivity contribution in [1.29, 1.82) is 0 Å². The summed E-state index contributed by atoms with van der Waals surface area (Å²) in [4.78, 5) is 12.3. The SMILES string of the molecule is O=C(CCc1nnc(C2CCCC2)o1)NC(CCO)C1CCCCC1. The Morgan fingerprint density at radius 3 is 2.56 bits per heavy atom. The van der Waals surface area contributed by atoms with Crippen molar-refractivity contribution in [2.24, 2.45) is 5.92 Å². The molecule has 1 amide bonds. The van der Waals surface area contributed by atoms with Crippen LogP contribution in [0.15, 0.2) is 4.42 Å². The van der Waals surface area contributed by atoms with Gasteiger partial charge in [-0.3, -0.25) is 4.79 Å². The van der Waals surface area contributed by atoms with Crippen LogP contribution in [0, 0.1) is 5.92 Å². The van der Waals surface area contributed by atoms with Gasteiger partial charge in [0.2, 0.25) is 17.7 Å². The summed E-state index contributed by atoms with van der Waals surface area (Å²) < 4.78 is 5.74. The molecule has 1 aromatic heterocycles. The molecular weight excluding hydrogens is 318 g/mol. The fraction of sp³-hybridized carbons (Fsp3) is 0.842. The summed E-state index contributed by atoms with van der Waals surface area (Å²) in [6, 6.07) is 0.0922. The quantitative estimate of drug-likeness (QED) is 0.753. The van der Waals surface area contributed by atoms with Gasteiger partial charge in [0.25, 0.3) is 0 Å². The molecule has 0 aliphatic heterocycles. The first-order valence-electron chi connectivity index (χ1n) is 9.98. The molecule has 1 unspecified atom stereocenters. The van der Waals surface area contributed by atoms with E-state index in [0.29, 0.717) is 37.0 Å². The Kier molecular flexibility index (Phi) is 6.84. The highest BCUT2D eigenvalue weighted by atomic mass is 16.4. The smallest absolute Gasteiger partial charge is 0.220 e. The Labute approximate surface area is 149 Å². The summed E-state index contributed by atoms with van der Waals surface area (Å²) in [6.07, 6.45) is 12.3. The van der Waals surface area contributed by atoms with Crippen molar-refractivity contribution in [1.82, 2.24) is 15.5 Å². The number of amides is 1. The number of aryl methyl sites for hydroxylation is 1. The van der Waals surface area contributed by atoms with Gasteiger partial charge >= 0.3 is 0 Å². The van der Waals surface area contributed by atoms with Gasteiger partial charge < -0.3 is 14.8 Å². The molecule has 2 N–H and O–H groups in total. The fourth-order valence-corrected chi connectivity index (χ4v) is 4.31. The van der Waals surface area contributed by atoms with Gasteiger partial charge in [-0.05, 0) is 38.0 Å². The van der Waals surface area contributed by atoms with Crippen LogP contribution in [0.3, 0.4) is 0 Å². The number of aromatic nitrogens is 2. The van der Waals surface area contributed by atoms with Gasteiger partial charge in [0.15, 0.2) is 0 Å². The predicted octanol–water partition coefficient (Wildman–Crippen LogP) is 3.11. The van der Waals surface area contributed by atoms with E-state index in [9.17, 15) is 9.90 Å². The summed E-state index contributed by atoms with van der Waals surface area (Å²) in [7, 11) is 0. The van der Waals surface area contributed by atoms with Crippen molar-refractivity contribution in [2.75, 3.05) is 6.61 Å². The first kappa shape index (κ1) is 18.4. The molecule has 2 aliphatic carbocycles. The number of hydrogen-bond donors (Lipinski definition) is 2. The third-order valence-corrected chi connectivity index (χ3v) is 5.76. The normalized spacial score (nSPS) is 20.7. The minimum atomic E-state index is 0.0182. The van der Waals surface area contributed by atoms with E-state index in [0.717, 1.165) is 31.6 Å². The summed E-state index contributed by atoms with van der Waals surface area (Å²) in [5, 5.41) is 20.7. The van der Waals surface area contributed by atoms with Crippen LogP contribution in [0.1, 0.15) is 88.3 Å². The van der Waals surface area contributed by atoms with Gasteiger partial charge in [0.05, 0.1) is 0 Å². The van der Waals surface area contributed by atoms with Crippen molar-refractivity contribution >= 4 is 5.91 Å². The van der Waals surface area contributed by atoms with E-state index in [2.05, 4.69) is 15.5 Å². The molecular formula is C19H31N3O3. The molecule has 6 nitrogen and oxygen atoms in total. The van der Waals surface area contributed by atoms with Crippen molar-refractivity contribution in [3.8, 4) is 0 Å². The van der Waals surface area contributed by atoms with E-state index < -0.39 is 0 Å². The summed E-state index contributed by atoms with van der Waals surface area (Å²) in [5.74, 6) is 2.24. The maximum atomic E-state index is 12.3. The summed E-state index contributed by atoms with van der Waals surface area (Å²) in [5.41, 5.74) is 0. The number of rotatable bonds is 8. The van der Waals surface area contributed by atoms with Crippen LogP contribution in [-0.2, 0) is 11.2 Å². The predicted molar refractivity (Wildman–Crippen MR) is 94.0 cm³/mol. The highest BCUT2D eigenvalue weighted by Crippen LogP contribution is 2.33. The van der Waals surface area contributed by atoms with E-state index in [1.165, 1.54) is 32.1 Å². The second-order valence-corrected chi connectivity index (χ2v) is 7.60. The van der Waals surface area contributed by atoms with Crippen LogP contribution < -0.4 is 5.32 Å². The van der Waals surface area contributed by atoms with Crippen LogP contribution in [0.5, 0.6) is 0 Å². The third kappa shape index (κ3) is 5.27. The van der Waals surface area contributed by atoms with E-state index in [1.807, 2.05) is 0 Å². The van der Waals surface area contributed by atoms with E-state index in [-0.39, 0.29) is 18.6 Å². The molecule has 1 aromatic rings. The van der Waals surface area contributed by atoms with Gasteiger partial charge in [-0.15, -0.1) is 10.2 Å². The number of hydrogen-bond acceptors (Lipinski definition) is 5. The molecule has 6 heteroatoms. The Morgan fingerprint density at radius 1 is 1.12 bits per heavy atom. The average Bonchev–Trinajstić information content (AvgIpc) is 3.32. The molecule has 0 bridgehead atoms. The Bertz CT molecular complexity index is 534. The molecule has 0 saturated heterocycles. The zero-order valence-electron chi connectivity index (χ0n) is 15.1. The molecule has 25 heavy (non-hydrogen) atoms. The maximum absolute atomic E-state index is 12.3. The van der Waals surface area contributed by atoms with Gasteiger partial charge in [0, 0.05) is 31.4 Å². The standard InChI is InChI=1S/C19H31N3O3/c23-13-12-16(14-6-2-1-3-7-14)20-17(24)10-11-18-21-22-19(25-18)15-8-4-5-9-15/h14-16,23H,1-13H2,(H,20,24). The molecule has 2 aliphatic rings. The van der Waals surface area contributed by atoms with Crippen molar-refractivity contribution in [2.45, 2.75) is 89.0 Å². The Morgan fingerprint density at radius 2 is 1.84 bits per heavy atom. The molecule has 1 heterocycles. The number of nitrogens with zero attached hydrogens (tertiary/aromatic N) is 2. The van der Waals surface area contributed by atoms with Gasteiger partial charge in [0.1, 0.15) is 0 Å². The van der Waals surface area contributed by atoms with E-state index >= 15 is 0 Å². The number of nitrogens with one attached hydrogen (secondary N) is 1. The minimum absolute atomic E-state index is 0.0182. The molecule has 1 atom stereocenters. The number of aliphatic hydroxyl groups excluding tert-OH is 1. The topological polar surface area (TPSA) is 88.2 Å². The van der Waals surface area contributed by atoms with Crippen LogP contribution in [0.2, 0.25) is 0 Å². The largest absolute Gasteiger partial charge is 0.425 e. The lowest BCUT2D eigenvalue weighted by atomic mass is 9.82. The first-order chi connectivity index (χ1) is 12.3. The van der Waals surface area contributed by atoms with Crippen LogP contribution in [0.25, 0.3) is 0 Å². The maximum Gasteiger partial charge on any atom is 0.220 e. The van der Waals surface area contributed by atoms with Crippen LogP contribution >= 0.6 is 0 Å². The summed E-state index contributed by atoms with van der Waals surface area (Å²) in [6.45, 7) is 0.121. The number of carbonyl (C=O) groups is 1. The lowest BCUT2D eigenvalue weighted by molar-refractivity contribution is -0.122. The van der Waals surface area contributed by atoms with Crippen molar-refractivity contribution < 1.29 is 14.3 Å². The first-order valence-corrected chi connectivity index (χ1v) is 9.98. The molecule has 0 radical (unpaired) electrons. The summed E-state index contributed by atoms with van der Waals surface area (Å²) >= 11 is 0. The van der Waals surface area contributed by atoms with Crippen molar-refractivity contribution in [3.63, 3.8) is 0 Å². The highest BCUT2D eigenvalue weighted by molar-refractivity contribution is 5.76. The highest BCUT2D eigenvalue weighted by Gasteiger charge is 2.25. The number of aliphatic hydroxyl groups is 1. The van der Waals surface area contributed by atoms with Crippen molar-refractivity contribution in [3.05, 3.63) is 11.8 Å². The molecule has 0 spiro atoms. The molecule has 3 rings (SSSR count). The Hall–Kier alpha value is -1.43. The molecule has 0 aromatic carbocycles. The molecule has 2 saturated carbocycles. The zero-order valence-corrected chi connectivity index (χ0v) is 15.1. The second kappa shape index (κ2) is 9.32. The van der Waals surface area contributed by atoms with Gasteiger partial charge in [-0.25, -0.2) is 0 Å².